The molecule has 0 fully saturated rings. The molecule has 17 N–H and O–H groups in total. The van der Waals surface area contributed by atoms with Crippen molar-refractivity contribution in [3.63, 3.8) is 0 Å². The summed E-state index contributed by atoms with van der Waals surface area (Å²) in [6.07, 6.45) is 12.0. The Morgan fingerprint density at radius 2 is 1.18 bits per heavy atom. The van der Waals surface area contributed by atoms with E-state index in [2.05, 4.69) is 16.0 Å². The van der Waals surface area contributed by atoms with Crippen LogP contribution in [0, 0.1) is 10.8 Å². The second-order valence-corrected chi connectivity index (χ2v) is 14.6. The average molecular weight is 730 g/mol. The molecule has 2 atom stereocenters. The lowest BCUT2D eigenvalue weighted by Gasteiger charge is -2.33. The molecule has 0 bridgehead atoms. The van der Waals surface area contributed by atoms with Gasteiger partial charge in [0.05, 0.1) is 34.1 Å². The Morgan fingerprint density at radius 3 is 1.72 bits per heavy atom. The largest absolute Gasteiger partial charge is 0.399 e. The van der Waals surface area contributed by atoms with Gasteiger partial charge in [0.2, 0.25) is 0 Å². The molecule has 0 heterocycles. The molecule has 0 aromatic heterocycles. The molecule has 17 nitrogen and oxygen atoms in total. The van der Waals surface area contributed by atoms with E-state index in [1.807, 2.05) is 0 Å². The molecule has 50 heavy (non-hydrogen) atoms. The molecular formula is C31H39N9O8S2. The molecule has 2 aliphatic carbocycles. The van der Waals surface area contributed by atoms with Gasteiger partial charge in [-0.05, 0) is 55.0 Å². The monoisotopic (exact) mass is 729 g/mol. The highest BCUT2D eigenvalue weighted by atomic mass is 32.2. The van der Waals surface area contributed by atoms with Crippen molar-refractivity contribution in [3.8, 4) is 0 Å². The van der Waals surface area contributed by atoms with E-state index in [1.165, 1.54) is 42.5 Å². The summed E-state index contributed by atoms with van der Waals surface area (Å²) in [5.41, 5.74) is 32.5. The molecule has 4 rings (SSSR count). The summed E-state index contributed by atoms with van der Waals surface area (Å²) in [5, 5.41) is 7.63. The van der Waals surface area contributed by atoms with Crippen LogP contribution >= 0.6 is 0 Å². The molecule has 0 aliphatic heterocycles. The number of nitrogen functional groups attached to an aromatic ring is 3. The number of benzene rings is 2. The van der Waals surface area contributed by atoms with E-state index in [1.54, 1.807) is 56.4 Å². The first-order valence-corrected chi connectivity index (χ1v) is 17.3. The molecule has 2 aliphatic rings. The third-order valence-corrected chi connectivity index (χ3v) is 8.99. The van der Waals surface area contributed by atoms with Crippen LogP contribution in [0.3, 0.4) is 0 Å². The van der Waals surface area contributed by atoms with Crippen molar-refractivity contribution in [1.82, 2.24) is 0 Å². The molecule has 2 unspecified atom stereocenters. The second-order valence-electron chi connectivity index (χ2n) is 11.8. The van der Waals surface area contributed by atoms with Gasteiger partial charge in [0.15, 0.2) is 0 Å². The Morgan fingerprint density at radius 1 is 0.700 bits per heavy atom. The van der Waals surface area contributed by atoms with Crippen molar-refractivity contribution in [2.24, 2.45) is 28.0 Å². The molecule has 4 amide bonds. The fourth-order valence-corrected chi connectivity index (χ4v) is 6.80. The molecule has 19 heteroatoms. The number of urea groups is 2. The lowest BCUT2D eigenvalue weighted by molar-refractivity contribution is 0.258. The van der Waals surface area contributed by atoms with Crippen molar-refractivity contribution in [2.75, 3.05) is 33.2 Å². The van der Waals surface area contributed by atoms with Gasteiger partial charge in [-0.25, -0.2) is 9.59 Å². The SMILES string of the molecule is CC1(CC2(C)C=CC=C(Nc3ccc(N)cc3NC(N)=O)C(S(=O)(=O)O)=C2)C=CC=C(N)C(S(=O)(=O)O)=C1.NC(=O)Nc1cc(N)ccc1N. The first-order chi connectivity index (χ1) is 23.0. The predicted octanol–water partition coefficient (Wildman–Crippen LogP) is 3.33. The van der Waals surface area contributed by atoms with E-state index in [4.69, 9.17) is 34.4 Å². The Labute approximate surface area is 289 Å². The van der Waals surface area contributed by atoms with Gasteiger partial charge in [-0.15, -0.1) is 0 Å². The highest BCUT2D eigenvalue weighted by molar-refractivity contribution is 7.90. The fourth-order valence-electron chi connectivity index (χ4n) is 5.20. The van der Waals surface area contributed by atoms with Gasteiger partial charge in [0, 0.05) is 22.2 Å². The van der Waals surface area contributed by atoms with Crippen molar-refractivity contribution in [3.05, 3.63) is 106 Å². The number of primary amides is 2. The van der Waals surface area contributed by atoms with Crippen LogP contribution in [0.25, 0.3) is 0 Å². The summed E-state index contributed by atoms with van der Waals surface area (Å²) in [6.45, 7) is 3.38. The third-order valence-electron chi connectivity index (χ3n) is 7.19. The number of nitrogens with two attached hydrogens (primary N) is 6. The minimum Gasteiger partial charge on any atom is -0.399 e. The maximum Gasteiger partial charge on any atom is 0.316 e. The number of hydrogen-bond acceptors (Lipinski definition) is 11. The highest BCUT2D eigenvalue weighted by Crippen LogP contribution is 2.44. The second kappa shape index (κ2) is 14.8. The summed E-state index contributed by atoms with van der Waals surface area (Å²) in [6, 6.07) is 7.67. The number of carbonyl (C=O) groups is 2. The van der Waals surface area contributed by atoms with Crippen LogP contribution in [0.15, 0.2) is 106 Å². The number of nitrogens with one attached hydrogen (secondary N) is 3. The molecule has 268 valence electrons. The summed E-state index contributed by atoms with van der Waals surface area (Å²) in [4.78, 5) is 20.9. The lowest BCUT2D eigenvalue weighted by atomic mass is 9.72. The summed E-state index contributed by atoms with van der Waals surface area (Å²) >= 11 is 0. The number of hydrogen-bond donors (Lipinski definition) is 11. The quantitative estimate of drug-likeness (QED) is 0.137. The van der Waals surface area contributed by atoms with E-state index in [0.717, 1.165) is 0 Å². The van der Waals surface area contributed by atoms with E-state index < -0.39 is 52.9 Å². The third kappa shape index (κ3) is 10.6. The fraction of sp³-hybridized carbons (Fsp3) is 0.161. The van der Waals surface area contributed by atoms with Crippen molar-refractivity contribution in [1.29, 1.82) is 0 Å². The highest BCUT2D eigenvalue weighted by Gasteiger charge is 2.36. The maximum absolute atomic E-state index is 12.5. The normalized spacial score (nSPS) is 20.3. The Balaban J connectivity index is 0.000000474. The van der Waals surface area contributed by atoms with Gasteiger partial charge >= 0.3 is 12.1 Å². The van der Waals surface area contributed by atoms with Crippen LogP contribution in [-0.2, 0) is 20.2 Å². The summed E-state index contributed by atoms with van der Waals surface area (Å²) in [7, 11) is -9.43. The molecule has 2 aromatic carbocycles. The standard InChI is InChI=1S/C24H29N5O7S2.C7H10N4O/c1-23(9-3-5-16(26)20(12-23)37(31,32)33)14-24(2)10-4-6-18(21(13-24)38(34,35)36)28-17-8-7-15(25)11-19(17)29-22(27)30;8-4-1-2-5(9)6(3-4)11-7(10)12/h3-13,28H,14,25-26H2,1-2H3,(H3,27,29,30)(H,31,32,33)(H,34,35,36);1-3H,8-9H2,(H3,10,11,12). The topological polar surface area (TPSA) is 335 Å². The van der Waals surface area contributed by atoms with Crippen molar-refractivity contribution in [2.45, 2.75) is 20.3 Å². The Bertz CT molecular complexity index is 2110. The zero-order valence-electron chi connectivity index (χ0n) is 26.9. The number of rotatable bonds is 8. The van der Waals surface area contributed by atoms with Crippen molar-refractivity contribution >= 4 is 66.4 Å². The van der Waals surface area contributed by atoms with Gasteiger partial charge < -0.3 is 50.4 Å². The smallest absolute Gasteiger partial charge is 0.316 e. The summed E-state index contributed by atoms with van der Waals surface area (Å²) in [5.74, 6) is 0. The van der Waals surface area contributed by atoms with Crippen LogP contribution in [0.1, 0.15) is 20.3 Å². The predicted molar refractivity (Wildman–Crippen MR) is 195 cm³/mol. The lowest BCUT2D eigenvalue weighted by Crippen LogP contribution is -2.25. The van der Waals surface area contributed by atoms with Crippen LogP contribution < -0.4 is 50.4 Å². The van der Waals surface area contributed by atoms with E-state index in [0.29, 0.717) is 22.7 Å². The molecule has 0 saturated carbocycles. The van der Waals surface area contributed by atoms with E-state index >= 15 is 0 Å². The zero-order chi connectivity index (χ0) is 37.7. The first-order valence-electron chi connectivity index (χ1n) is 14.4. The van der Waals surface area contributed by atoms with Crippen LogP contribution in [0.2, 0.25) is 0 Å². The number of amides is 4. The first kappa shape index (κ1) is 38.7. The summed E-state index contributed by atoms with van der Waals surface area (Å²) < 4.78 is 68.6. The van der Waals surface area contributed by atoms with Crippen LogP contribution in [-0.4, -0.2) is 38.0 Å². The minimum atomic E-state index is -4.79. The molecular weight excluding hydrogens is 691 g/mol. The molecule has 0 radical (unpaired) electrons. The average Bonchev–Trinajstić information content (AvgIpc) is 3.22. The van der Waals surface area contributed by atoms with Crippen LogP contribution in [0.4, 0.5) is 43.7 Å². The number of anilines is 6. The number of carbonyl (C=O) groups excluding carboxylic acids is 2. The molecule has 0 saturated heterocycles. The van der Waals surface area contributed by atoms with Gasteiger partial charge in [-0.2, -0.15) is 16.8 Å². The van der Waals surface area contributed by atoms with Gasteiger partial charge in [-0.3, -0.25) is 9.11 Å². The minimum absolute atomic E-state index is 0.0218. The van der Waals surface area contributed by atoms with Crippen molar-refractivity contribution < 1.29 is 35.5 Å². The van der Waals surface area contributed by atoms with E-state index in [9.17, 15) is 35.5 Å². The van der Waals surface area contributed by atoms with Gasteiger partial charge in [-0.1, -0.05) is 50.3 Å². The maximum atomic E-state index is 12.5. The molecule has 2 aromatic rings. The van der Waals surface area contributed by atoms with E-state index in [-0.39, 0.29) is 29.2 Å². The Hall–Kier alpha value is -5.76. The number of allylic oxidation sites excluding steroid dienone is 8. The zero-order valence-corrected chi connectivity index (χ0v) is 28.5. The van der Waals surface area contributed by atoms with Gasteiger partial charge in [0.1, 0.15) is 9.81 Å². The van der Waals surface area contributed by atoms with Crippen LogP contribution in [0.5, 0.6) is 0 Å². The van der Waals surface area contributed by atoms with Gasteiger partial charge in [0.25, 0.3) is 20.2 Å². The molecule has 0 spiro atoms. The Kier molecular flexibility index (Phi) is 11.4.